The lowest BCUT2D eigenvalue weighted by molar-refractivity contribution is 0.706. The monoisotopic (exact) mass is 527 g/mol. The first kappa shape index (κ1) is 24.4. The Labute approximate surface area is 218 Å². The second-order valence-electron chi connectivity index (χ2n) is 9.01. The number of hydrogen-bond acceptors (Lipinski definition) is 6. The number of unbranched alkanes of at least 4 members (excludes halogenated alkanes) is 6. The van der Waals surface area contributed by atoms with E-state index in [2.05, 4.69) is 49.7 Å². The molecule has 5 aromatic rings. The van der Waals surface area contributed by atoms with Crippen molar-refractivity contribution in [3.05, 3.63) is 24.3 Å². The molecule has 7 heteroatoms. The van der Waals surface area contributed by atoms with Crippen molar-refractivity contribution in [1.82, 2.24) is 14.5 Å². The molecule has 0 atom stereocenters. The molecule has 0 spiro atoms. The molecule has 0 radical (unpaired) electrons. The van der Waals surface area contributed by atoms with Gasteiger partial charge in [-0.15, -0.1) is 22.7 Å². The van der Waals surface area contributed by atoms with Crippen molar-refractivity contribution in [1.29, 1.82) is 0 Å². The van der Waals surface area contributed by atoms with Crippen LogP contribution < -0.4 is 0 Å². The van der Waals surface area contributed by atoms with Crippen LogP contribution in [0.3, 0.4) is 0 Å². The summed E-state index contributed by atoms with van der Waals surface area (Å²) in [5, 5.41) is 2.58. The zero-order chi connectivity index (χ0) is 23.5. The van der Waals surface area contributed by atoms with Gasteiger partial charge in [0.05, 0.1) is 31.5 Å². The lowest BCUT2D eigenvalue weighted by atomic mass is 10.1. The molecule has 0 aliphatic rings. The summed E-state index contributed by atoms with van der Waals surface area (Å²) in [6.07, 6.45) is 10.5. The van der Waals surface area contributed by atoms with Crippen molar-refractivity contribution < 1.29 is 0 Å². The molecule has 2 aromatic carbocycles. The Bertz CT molecular complexity index is 1310. The van der Waals surface area contributed by atoms with E-state index in [0.717, 1.165) is 11.0 Å². The van der Waals surface area contributed by atoms with Gasteiger partial charge in [-0.2, -0.15) is 0 Å². The van der Waals surface area contributed by atoms with E-state index in [4.69, 9.17) is 9.97 Å². The number of aryl methyl sites for hydroxylation is 1. The number of rotatable bonds is 12. The van der Waals surface area contributed by atoms with Gasteiger partial charge in [0, 0.05) is 29.3 Å². The van der Waals surface area contributed by atoms with E-state index in [-0.39, 0.29) is 0 Å². The minimum absolute atomic E-state index is 1.13. The van der Waals surface area contributed by atoms with Crippen LogP contribution >= 0.6 is 46.2 Å². The normalized spacial score (nSPS) is 12.2. The summed E-state index contributed by atoms with van der Waals surface area (Å²) in [5.41, 5.74) is 4.83. The second kappa shape index (κ2) is 11.2. The fourth-order valence-electron chi connectivity index (χ4n) is 4.50. The van der Waals surface area contributed by atoms with Gasteiger partial charge in [-0.3, -0.25) is 0 Å². The van der Waals surface area contributed by atoms with E-state index in [1.54, 1.807) is 0 Å². The van der Waals surface area contributed by atoms with Crippen LogP contribution in [0, 0.1) is 0 Å². The smallest absolute Gasteiger partial charge is 0.151 e. The number of thioether (sulfide) groups is 2. The number of benzene rings is 2. The Kier molecular flexibility index (Phi) is 8.04. The van der Waals surface area contributed by atoms with E-state index in [9.17, 15) is 0 Å². The summed E-state index contributed by atoms with van der Waals surface area (Å²) in [6.45, 7) is 4.53. The van der Waals surface area contributed by atoms with Gasteiger partial charge in [0.15, 0.2) is 8.68 Å². The van der Waals surface area contributed by atoms with E-state index >= 15 is 0 Å². The predicted molar refractivity (Wildman–Crippen MR) is 157 cm³/mol. The quantitative estimate of drug-likeness (QED) is 0.119. The van der Waals surface area contributed by atoms with E-state index in [1.807, 2.05) is 46.2 Å². The molecule has 0 saturated carbocycles. The highest BCUT2D eigenvalue weighted by atomic mass is 32.2. The number of fused-ring (bicyclic) bond motifs is 5. The van der Waals surface area contributed by atoms with Gasteiger partial charge in [-0.05, 0) is 37.1 Å². The van der Waals surface area contributed by atoms with E-state index in [1.165, 1.54) is 103 Å². The van der Waals surface area contributed by atoms with Gasteiger partial charge in [0.25, 0.3) is 0 Å². The zero-order valence-corrected chi connectivity index (χ0v) is 23.6. The third kappa shape index (κ3) is 5.13. The molecule has 3 nitrogen and oxygen atoms in total. The number of thiazole rings is 2. The standard InChI is InChI=1S/C27H33N3S4/c1-4-6-8-10-12-31-26-28-20-14-18-19-15-21-25(34-27(29-21)32-13-11-9-7-5-2)17-23(19)30(3)22(18)16-24(20)33-26/h14-17H,4-13H2,1-3H3. The predicted octanol–water partition coefficient (Wildman–Crippen LogP) is 9.90. The largest absolute Gasteiger partial charge is 0.344 e. The van der Waals surface area contributed by atoms with Crippen LogP contribution in [-0.2, 0) is 7.05 Å². The minimum Gasteiger partial charge on any atom is -0.344 e. The Morgan fingerprint density at radius 2 is 1.15 bits per heavy atom. The van der Waals surface area contributed by atoms with Crippen LogP contribution in [0.4, 0.5) is 0 Å². The Morgan fingerprint density at radius 3 is 1.59 bits per heavy atom. The van der Waals surface area contributed by atoms with Crippen LogP contribution in [0.2, 0.25) is 0 Å². The highest BCUT2D eigenvalue weighted by Gasteiger charge is 2.15. The molecule has 0 amide bonds. The maximum atomic E-state index is 4.97. The van der Waals surface area contributed by atoms with Gasteiger partial charge in [0.1, 0.15) is 0 Å². The zero-order valence-electron chi connectivity index (χ0n) is 20.4. The Hall–Kier alpha value is -1.28. The second-order valence-corrected chi connectivity index (χ2v) is 13.8. The van der Waals surface area contributed by atoms with Gasteiger partial charge in [-0.25, -0.2) is 9.97 Å². The highest BCUT2D eigenvalue weighted by molar-refractivity contribution is 8.01. The first-order valence-corrected chi connectivity index (χ1v) is 16.2. The molecule has 0 N–H and O–H groups in total. The molecule has 180 valence electrons. The first-order valence-electron chi connectivity index (χ1n) is 12.6. The van der Waals surface area contributed by atoms with Crippen molar-refractivity contribution in [3.63, 3.8) is 0 Å². The molecular weight excluding hydrogens is 495 g/mol. The average molecular weight is 528 g/mol. The molecule has 5 rings (SSSR count). The van der Waals surface area contributed by atoms with Crippen LogP contribution in [0.1, 0.15) is 65.2 Å². The molecule has 3 heterocycles. The van der Waals surface area contributed by atoms with Crippen LogP contribution in [0.15, 0.2) is 32.9 Å². The molecule has 0 fully saturated rings. The molecule has 34 heavy (non-hydrogen) atoms. The van der Waals surface area contributed by atoms with E-state index < -0.39 is 0 Å². The topological polar surface area (TPSA) is 30.7 Å². The van der Waals surface area contributed by atoms with Crippen molar-refractivity contribution in [2.75, 3.05) is 11.5 Å². The summed E-state index contributed by atoms with van der Waals surface area (Å²) < 4.78 is 7.33. The van der Waals surface area contributed by atoms with Crippen LogP contribution in [0.5, 0.6) is 0 Å². The van der Waals surface area contributed by atoms with Crippen molar-refractivity contribution >= 4 is 88.4 Å². The third-order valence-corrected chi connectivity index (χ3v) is 10.9. The molecule has 0 aliphatic carbocycles. The van der Waals surface area contributed by atoms with Crippen molar-refractivity contribution in [2.24, 2.45) is 7.05 Å². The molecule has 0 aliphatic heterocycles. The van der Waals surface area contributed by atoms with Crippen molar-refractivity contribution in [3.8, 4) is 0 Å². The number of hydrogen-bond donors (Lipinski definition) is 0. The molecule has 3 aromatic heterocycles. The van der Waals surface area contributed by atoms with Crippen LogP contribution in [0.25, 0.3) is 42.2 Å². The van der Waals surface area contributed by atoms with Gasteiger partial charge in [-0.1, -0.05) is 75.9 Å². The number of nitrogens with zero attached hydrogens (tertiary/aromatic N) is 3. The maximum absolute atomic E-state index is 4.97. The average Bonchev–Trinajstić information content (AvgIpc) is 3.50. The summed E-state index contributed by atoms with van der Waals surface area (Å²) >= 11 is 7.51. The van der Waals surface area contributed by atoms with Gasteiger partial charge < -0.3 is 4.57 Å². The maximum Gasteiger partial charge on any atom is 0.151 e. The summed E-state index contributed by atoms with van der Waals surface area (Å²) in [6, 6.07) is 9.27. The minimum atomic E-state index is 1.13. The molecule has 0 saturated heterocycles. The Balaban J connectivity index is 1.41. The fraction of sp³-hybridized carbons (Fsp3) is 0.481. The lowest BCUT2D eigenvalue weighted by Gasteiger charge is -1.97. The fourth-order valence-corrected chi connectivity index (χ4v) is 8.81. The SMILES string of the molecule is CCCCCCSc1nc2cc3c4cc5nc(SCCCCCC)sc5cc4n(C)c3cc2s1. The van der Waals surface area contributed by atoms with Gasteiger partial charge in [0.2, 0.25) is 0 Å². The third-order valence-electron chi connectivity index (χ3n) is 6.43. The molecular formula is C27H33N3S4. The van der Waals surface area contributed by atoms with E-state index in [0.29, 0.717) is 0 Å². The number of aromatic nitrogens is 3. The molecule has 0 bridgehead atoms. The van der Waals surface area contributed by atoms with Gasteiger partial charge >= 0.3 is 0 Å². The van der Waals surface area contributed by atoms with Crippen LogP contribution in [-0.4, -0.2) is 26.0 Å². The summed E-state index contributed by atoms with van der Waals surface area (Å²) in [7, 11) is 2.19. The van der Waals surface area contributed by atoms with Crippen molar-refractivity contribution in [2.45, 2.75) is 73.9 Å². The first-order chi connectivity index (χ1) is 16.7. The Morgan fingerprint density at radius 1 is 0.676 bits per heavy atom. The summed E-state index contributed by atoms with van der Waals surface area (Å²) in [4.78, 5) is 9.95. The summed E-state index contributed by atoms with van der Waals surface area (Å²) in [5.74, 6) is 2.34. The molecule has 0 unspecified atom stereocenters. The highest BCUT2D eigenvalue weighted by Crippen LogP contribution is 2.39. The lowest BCUT2D eigenvalue weighted by Crippen LogP contribution is -1.85.